The number of hydrazine groups is 1. The molecule has 0 spiro atoms. The molecule has 39 heavy (non-hydrogen) atoms. The highest BCUT2D eigenvalue weighted by molar-refractivity contribution is 6.38. The van der Waals surface area contributed by atoms with Crippen LogP contribution in [0, 0.1) is 16.7 Å². The molecule has 0 heterocycles. The Kier molecular flexibility index (Phi) is 10.2. The Morgan fingerprint density at radius 3 is 2.31 bits per heavy atom. The Bertz CT molecular complexity index is 1230. The maximum Gasteiger partial charge on any atom is 0.573 e. The van der Waals surface area contributed by atoms with Crippen LogP contribution in [-0.2, 0) is 11.0 Å². The van der Waals surface area contributed by atoms with Crippen molar-refractivity contribution in [1.82, 2.24) is 15.6 Å². The molecule has 0 radical (unpaired) electrons. The SMILES string of the molecule is COc1cc(OC(F)(F)F)ccc1C(=O)NCCN(N)CC(=N)C(=O)NC(C#N)c1ccc(C(F)(F)F)cc1. The van der Waals surface area contributed by atoms with Crippen molar-refractivity contribution in [2.24, 2.45) is 5.84 Å². The topological polar surface area (TPSA) is 154 Å². The molecule has 0 saturated carbocycles. The molecule has 0 fully saturated rings. The second-order valence-corrected chi connectivity index (χ2v) is 7.77. The Balaban J connectivity index is 1.87. The first-order valence-electron chi connectivity index (χ1n) is 10.8. The summed E-state index contributed by atoms with van der Waals surface area (Å²) in [6, 6.07) is 6.86. The molecule has 2 aromatic rings. The lowest BCUT2D eigenvalue weighted by Gasteiger charge is -2.18. The highest BCUT2D eigenvalue weighted by Gasteiger charge is 2.32. The van der Waals surface area contributed by atoms with Crippen molar-refractivity contribution < 1.29 is 45.4 Å². The van der Waals surface area contributed by atoms with Gasteiger partial charge in [0.05, 0.1) is 30.9 Å². The lowest BCUT2D eigenvalue weighted by atomic mass is 10.1. The third kappa shape index (κ3) is 9.47. The Morgan fingerprint density at radius 1 is 1.13 bits per heavy atom. The van der Waals surface area contributed by atoms with Crippen LogP contribution in [0.25, 0.3) is 0 Å². The maximum atomic E-state index is 12.7. The Hall–Kier alpha value is -4.36. The zero-order valence-corrected chi connectivity index (χ0v) is 20.1. The molecule has 210 valence electrons. The second-order valence-electron chi connectivity index (χ2n) is 7.77. The van der Waals surface area contributed by atoms with Gasteiger partial charge < -0.3 is 20.1 Å². The molecule has 0 saturated heterocycles. The van der Waals surface area contributed by atoms with Gasteiger partial charge in [0.2, 0.25) is 0 Å². The normalized spacial score (nSPS) is 12.3. The van der Waals surface area contributed by atoms with Crippen LogP contribution in [0.2, 0.25) is 0 Å². The number of benzene rings is 2. The number of hydrogen-bond acceptors (Lipinski definition) is 8. The predicted octanol–water partition coefficient (Wildman–Crippen LogP) is 2.92. The van der Waals surface area contributed by atoms with E-state index in [2.05, 4.69) is 15.4 Å². The predicted molar refractivity (Wildman–Crippen MR) is 123 cm³/mol. The quantitative estimate of drug-likeness (QED) is 0.143. The van der Waals surface area contributed by atoms with Crippen LogP contribution in [0.15, 0.2) is 42.5 Å². The van der Waals surface area contributed by atoms with E-state index in [0.29, 0.717) is 0 Å². The first-order chi connectivity index (χ1) is 18.1. The van der Waals surface area contributed by atoms with E-state index >= 15 is 0 Å². The van der Waals surface area contributed by atoms with E-state index in [9.17, 15) is 41.2 Å². The van der Waals surface area contributed by atoms with Crippen LogP contribution in [0.1, 0.15) is 27.5 Å². The molecule has 10 nitrogen and oxygen atoms in total. The van der Waals surface area contributed by atoms with Crippen molar-refractivity contribution in [1.29, 1.82) is 10.7 Å². The van der Waals surface area contributed by atoms with Crippen molar-refractivity contribution in [3.05, 3.63) is 59.2 Å². The summed E-state index contributed by atoms with van der Waals surface area (Å²) in [5, 5.41) is 22.8. The van der Waals surface area contributed by atoms with Crippen LogP contribution in [0.4, 0.5) is 26.3 Å². The van der Waals surface area contributed by atoms with E-state index in [4.69, 9.17) is 16.0 Å². The van der Waals surface area contributed by atoms with Crippen molar-refractivity contribution in [3.63, 3.8) is 0 Å². The number of carbonyl (C=O) groups is 2. The van der Waals surface area contributed by atoms with Gasteiger partial charge in [0.15, 0.2) is 0 Å². The summed E-state index contributed by atoms with van der Waals surface area (Å²) in [4.78, 5) is 24.7. The summed E-state index contributed by atoms with van der Waals surface area (Å²) < 4.78 is 84.0. The molecule has 0 aliphatic heterocycles. The number of methoxy groups -OCH3 is 1. The van der Waals surface area contributed by atoms with Crippen molar-refractivity contribution in [2.45, 2.75) is 18.6 Å². The lowest BCUT2D eigenvalue weighted by molar-refractivity contribution is -0.274. The van der Waals surface area contributed by atoms with E-state index in [1.54, 1.807) is 6.07 Å². The van der Waals surface area contributed by atoms with E-state index in [0.717, 1.165) is 54.6 Å². The standard InChI is InChI=1S/C23H22F6N6O4/c1-38-19-10-15(39-23(27,28)29)6-7-16(19)20(36)33-8-9-35(32)12-17(31)21(37)34-18(11-30)13-2-4-14(5-3-13)22(24,25)26/h2-7,10,18,31H,8-9,12,32H2,1H3,(H,33,36)(H,34,37). The zero-order chi connectivity index (χ0) is 29.4. The molecule has 2 rings (SSSR count). The van der Waals surface area contributed by atoms with E-state index in [1.165, 1.54) is 0 Å². The third-order valence-corrected chi connectivity index (χ3v) is 4.95. The molecule has 0 aromatic heterocycles. The van der Waals surface area contributed by atoms with Gasteiger partial charge in [0, 0.05) is 19.2 Å². The van der Waals surface area contributed by atoms with Gasteiger partial charge in [-0.1, -0.05) is 12.1 Å². The fourth-order valence-corrected chi connectivity index (χ4v) is 3.09. The summed E-state index contributed by atoms with van der Waals surface area (Å²) in [5.74, 6) is 3.28. The third-order valence-electron chi connectivity index (χ3n) is 4.95. The molecule has 1 atom stereocenters. The second kappa shape index (κ2) is 12.9. The largest absolute Gasteiger partial charge is 0.573 e. The smallest absolute Gasteiger partial charge is 0.496 e. The first kappa shape index (κ1) is 30.9. The number of alkyl halides is 6. The summed E-state index contributed by atoms with van der Waals surface area (Å²) in [6.07, 6.45) is -9.50. The minimum atomic E-state index is -4.93. The number of ether oxygens (including phenoxy) is 2. The lowest BCUT2D eigenvalue weighted by Crippen LogP contribution is -2.45. The average molecular weight is 560 g/mol. The minimum Gasteiger partial charge on any atom is -0.496 e. The average Bonchev–Trinajstić information content (AvgIpc) is 2.85. The van der Waals surface area contributed by atoms with Crippen molar-refractivity contribution in [2.75, 3.05) is 26.7 Å². The number of halogens is 6. The van der Waals surface area contributed by atoms with Gasteiger partial charge in [-0.25, -0.2) is 5.01 Å². The van der Waals surface area contributed by atoms with Crippen molar-refractivity contribution in [3.8, 4) is 17.6 Å². The van der Waals surface area contributed by atoms with Gasteiger partial charge in [-0.05, 0) is 29.8 Å². The number of nitrogens with one attached hydrogen (secondary N) is 3. The molecular weight excluding hydrogens is 538 g/mol. The summed E-state index contributed by atoms with van der Waals surface area (Å²) in [6.45, 7) is -0.584. The van der Waals surface area contributed by atoms with E-state index < -0.39 is 54.0 Å². The van der Waals surface area contributed by atoms with E-state index in [1.807, 2.05) is 0 Å². The van der Waals surface area contributed by atoms with Gasteiger partial charge in [-0.2, -0.15) is 18.4 Å². The van der Waals surface area contributed by atoms with Gasteiger partial charge >= 0.3 is 12.5 Å². The summed E-state index contributed by atoms with van der Waals surface area (Å²) in [5.41, 5.74) is -1.52. The summed E-state index contributed by atoms with van der Waals surface area (Å²) in [7, 11) is 1.15. The molecule has 2 aromatic carbocycles. The van der Waals surface area contributed by atoms with Gasteiger partial charge in [-0.3, -0.25) is 20.8 Å². The van der Waals surface area contributed by atoms with Crippen molar-refractivity contribution >= 4 is 17.5 Å². The first-order valence-corrected chi connectivity index (χ1v) is 10.8. The van der Waals surface area contributed by atoms with Gasteiger partial charge in [0.25, 0.3) is 11.8 Å². The number of nitriles is 1. The van der Waals surface area contributed by atoms with Crippen LogP contribution < -0.4 is 25.9 Å². The van der Waals surface area contributed by atoms with E-state index in [-0.39, 0.29) is 30.0 Å². The molecular formula is C23H22F6N6O4. The molecule has 5 N–H and O–H groups in total. The zero-order valence-electron chi connectivity index (χ0n) is 20.1. The Morgan fingerprint density at radius 2 is 1.77 bits per heavy atom. The van der Waals surface area contributed by atoms with Crippen LogP contribution in [-0.4, -0.2) is 55.6 Å². The fourth-order valence-electron chi connectivity index (χ4n) is 3.09. The number of nitrogens with zero attached hydrogens (tertiary/aromatic N) is 2. The summed E-state index contributed by atoms with van der Waals surface area (Å²) >= 11 is 0. The highest BCUT2D eigenvalue weighted by atomic mass is 19.4. The monoisotopic (exact) mass is 560 g/mol. The Labute approximate surface area is 217 Å². The molecule has 0 aliphatic carbocycles. The molecule has 0 bridgehead atoms. The van der Waals surface area contributed by atoms with Crippen LogP contribution in [0.3, 0.4) is 0 Å². The number of nitrogens with two attached hydrogens (primary N) is 1. The fraction of sp³-hybridized carbons (Fsp3) is 0.304. The highest BCUT2D eigenvalue weighted by Crippen LogP contribution is 2.30. The number of carbonyl (C=O) groups excluding carboxylic acids is 2. The molecule has 2 amide bonds. The molecule has 0 aliphatic rings. The minimum absolute atomic E-state index is 0.0699. The molecule has 1 unspecified atom stereocenters. The maximum absolute atomic E-state index is 12.7. The number of hydrogen-bond donors (Lipinski definition) is 4. The molecule has 16 heteroatoms. The number of rotatable bonds is 11. The van der Waals surface area contributed by atoms with Gasteiger partial charge in [0.1, 0.15) is 23.3 Å². The van der Waals surface area contributed by atoms with Gasteiger partial charge in [-0.15, -0.1) is 13.2 Å². The number of amides is 2. The van der Waals surface area contributed by atoms with Crippen LogP contribution >= 0.6 is 0 Å². The van der Waals surface area contributed by atoms with Crippen LogP contribution in [0.5, 0.6) is 11.5 Å².